The van der Waals surface area contributed by atoms with Crippen molar-refractivity contribution in [1.82, 2.24) is 10.3 Å². The third-order valence-electron chi connectivity index (χ3n) is 6.03. The zero-order chi connectivity index (χ0) is 21.3. The van der Waals surface area contributed by atoms with Crippen molar-refractivity contribution in [2.75, 3.05) is 13.2 Å². The molecular weight excluding hydrogens is 388 g/mol. The van der Waals surface area contributed by atoms with Crippen LogP contribution in [0.2, 0.25) is 0 Å². The highest BCUT2D eigenvalue weighted by atomic mass is 16.5. The molecule has 160 valence electrons. The van der Waals surface area contributed by atoms with Crippen LogP contribution >= 0.6 is 0 Å². The molecule has 2 atom stereocenters. The molecule has 2 aromatic carbocycles. The topological polar surface area (TPSA) is 56.5 Å². The highest BCUT2D eigenvalue weighted by molar-refractivity contribution is 5.77. The van der Waals surface area contributed by atoms with Gasteiger partial charge in [-0.05, 0) is 68.6 Å². The van der Waals surface area contributed by atoms with Crippen molar-refractivity contribution in [2.24, 2.45) is 0 Å². The number of hydrogen-bond donors (Lipinski definition) is 1. The number of oxazole rings is 1. The van der Waals surface area contributed by atoms with Crippen LogP contribution in [-0.4, -0.2) is 29.8 Å². The first-order valence-corrected chi connectivity index (χ1v) is 11.0. The molecular formula is C26H28N2O3. The molecule has 1 saturated heterocycles. The summed E-state index contributed by atoms with van der Waals surface area (Å²) in [5, 5.41) is 3.70. The average Bonchev–Trinajstić information content (AvgIpc) is 3.46. The van der Waals surface area contributed by atoms with Gasteiger partial charge in [0.2, 0.25) is 0 Å². The first kappa shape index (κ1) is 20.0. The van der Waals surface area contributed by atoms with E-state index >= 15 is 0 Å². The standard InChI is InChI=1S/C26H28N2O3/c1-18(2)31-23-10-9-20(24-15-27-17-29-24)13-22(23)21-14-26(30-16-21)11-6-12-28-25(26)19-7-4-3-5-8-19/h3-5,7-10,13-15,17-18,25,28H,6,11-12,16H2,1-2H3/t25-,26+/m0/s1. The van der Waals surface area contributed by atoms with Gasteiger partial charge in [-0.1, -0.05) is 30.3 Å². The summed E-state index contributed by atoms with van der Waals surface area (Å²) in [7, 11) is 0. The molecule has 2 aliphatic heterocycles. The van der Waals surface area contributed by atoms with Crippen molar-refractivity contribution in [1.29, 1.82) is 0 Å². The second-order valence-electron chi connectivity index (χ2n) is 8.56. The van der Waals surface area contributed by atoms with E-state index in [-0.39, 0.29) is 17.7 Å². The normalized spacial score (nSPS) is 23.3. The minimum atomic E-state index is -0.355. The first-order valence-electron chi connectivity index (χ1n) is 11.0. The van der Waals surface area contributed by atoms with Gasteiger partial charge in [0.15, 0.2) is 12.2 Å². The molecule has 1 spiro atoms. The molecule has 2 aliphatic rings. The fourth-order valence-electron chi connectivity index (χ4n) is 4.68. The van der Waals surface area contributed by atoms with Gasteiger partial charge in [0.1, 0.15) is 11.4 Å². The predicted molar refractivity (Wildman–Crippen MR) is 121 cm³/mol. The fraction of sp³-hybridized carbons (Fsp3) is 0.346. The molecule has 31 heavy (non-hydrogen) atoms. The summed E-state index contributed by atoms with van der Waals surface area (Å²) < 4.78 is 18.2. The van der Waals surface area contributed by atoms with Gasteiger partial charge in [-0.2, -0.15) is 0 Å². The molecule has 0 aliphatic carbocycles. The van der Waals surface area contributed by atoms with Crippen LogP contribution in [0.3, 0.4) is 0 Å². The number of rotatable bonds is 5. The van der Waals surface area contributed by atoms with Crippen molar-refractivity contribution >= 4 is 5.57 Å². The van der Waals surface area contributed by atoms with Gasteiger partial charge in [0.05, 0.1) is 24.9 Å². The Balaban J connectivity index is 1.56. The molecule has 0 saturated carbocycles. The van der Waals surface area contributed by atoms with Crippen LogP contribution < -0.4 is 10.1 Å². The molecule has 0 unspecified atom stereocenters. The van der Waals surface area contributed by atoms with Gasteiger partial charge in [-0.3, -0.25) is 0 Å². The summed E-state index contributed by atoms with van der Waals surface area (Å²) >= 11 is 0. The molecule has 5 nitrogen and oxygen atoms in total. The SMILES string of the molecule is CC(C)Oc1ccc(-c2cnco2)cc1C1=C[C@@]2(CCCN[C@H]2c2ccccc2)OC1. The van der Waals surface area contributed by atoms with E-state index in [0.717, 1.165) is 47.6 Å². The number of nitrogens with zero attached hydrogens (tertiary/aromatic N) is 1. The largest absolute Gasteiger partial charge is 0.490 e. The van der Waals surface area contributed by atoms with Crippen LogP contribution in [-0.2, 0) is 4.74 Å². The van der Waals surface area contributed by atoms with Gasteiger partial charge in [0.25, 0.3) is 0 Å². The predicted octanol–water partition coefficient (Wildman–Crippen LogP) is 5.41. The lowest BCUT2D eigenvalue weighted by atomic mass is 9.81. The van der Waals surface area contributed by atoms with E-state index in [1.54, 1.807) is 6.20 Å². The van der Waals surface area contributed by atoms with E-state index in [4.69, 9.17) is 13.9 Å². The monoisotopic (exact) mass is 416 g/mol. The number of hydrogen-bond acceptors (Lipinski definition) is 5. The van der Waals surface area contributed by atoms with Crippen LogP contribution in [0.25, 0.3) is 16.9 Å². The lowest BCUT2D eigenvalue weighted by Crippen LogP contribution is -2.47. The second-order valence-corrected chi connectivity index (χ2v) is 8.56. The average molecular weight is 417 g/mol. The van der Waals surface area contributed by atoms with Gasteiger partial charge in [-0.15, -0.1) is 0 Å². The number of benzene rings is 2. The van der Waals surface area contributed by atoms with Crippen molar-refractivity contribution in [3.8, 4) is 17.1 Å². The lowest BCUT2D eigenvalue weighted by Gasteiger charge is -2.40. The number of ether oxygens (including phenoxy) is 2. The minimum absolute atomic E-state index is 0.0835. The van der Waals surface area contributed by atoms with Crippen molar-refractivity contribution in [3.63, 3.8) is 0 Å². The molecule has 3 heterocycles. The highest BCUT2D eigenvalue weighted by Gasteiger charge is 2.44. The van der Waals surface area contributed by atoms with E-state index < -0.39 is 0 Å². The van der Waals surface area contributed by atoms with E-state index in [9.17, 15) is 0 Å². The molecule has 3 aromatic rings. The summed E-state index contributed by atoms with van der Waals surface area (Å²) in [6.07, 6.45) is 7.67. The van der Waals surface area contributed by atoms with E-state index in [2.05, 4.69) is 52.8 Å². The third-order valence-corrected chi connectivity index (χ3v) is 6.03. The molecule has 0 amide bonds. The Morgan fingerprint density at radius 1 is 1.16 bits per heavy atom. The van der Waals surface area contributed by atoms with Crippen LogP contribution in [0.4, 0.5) is 0 Å². The Bertz CT molecular complexity index is 1060. The Labute approximate surface area is 183 Å². The number of aromatic nitrogens is 1. The maximum atomic E-state index is 6.56. The summed E-state index contributed by atoms with van der Waals surface area (Å²) in [5.74, 6) is 1.61. The Morgan fingerprint density at radius 2 is 2.03 bits per heavy atom. The van der Waals surface area contributed by atoms with Crippen LogP contribution in [0.1, 0.15) is 43.9 Å². The second kappa shape index (κ2) is 8.33. The first-order chi connectivity index (χ1) is 15.1. The van der Waals surface area contributed by atoms with Gasteiger partial charge < -0.3 is 19.2 Å². The molecule has 5 heteroatoms. The summed E-state index contributed by atoms with van der Waals surface area (Å²) in [6, 6.07) is 16.9. The van der Waals surface area contributed by atoms with E-state index in [0.29, 0.717) is 6.61 Å². The van der Waals surface area contributed by atoms with Crippen LogP contribution in [0.15, 0.2) is 71.6 Å². The van der Waals surface area contributed by atoms with E-state index in [1.807, 2.05) is 26.0 Å². The number of piperidine rings is 1. The van der Waals surface area contributed by atoms with Crippen molar-refractivity contribution in [3.05, 3.63) is 78.3 Å². The molecule has 0 radical (unpaired) electrons. The van der Waals surface area contributed by atoms with Crippen LogP contribution in [0.5, 0.6) is 5.75 Å². The minimum Gasteiger partial charge on any atom is -0.490 e. The summed E-state index contributed by atoms with van der Waals surface area (Å²) in [6.45, 7) is 5.65. The number of nitrogens with one attached hydrogen (secondary N) is 1. The van der Waals surface area contributed by atoms with Gasteiger partial charge >= 0.3 is 0 Å². The van der Waals surface area contributed by atoms with Crippen LogP contribution in [0, 0.1) is 0 Å². The fourth-order valence-corrected chi connectivity index (χ4v) is 4.68. The Hall–Kier alpha value is -2.89. The maximum Gasteiger partial charge on any atom is 0.181 e. The third kappa shape index (κ3) is 3.91. The highest BCUT2D eigenvalue weighted by Crippen LogP contribution is 2.45. The quantitative estimate of drug-likeness (QED) is 0.603. The van der Waals surface area contributed by atoms with Gasteiger partial charge in [0, 0.05) is 11.1 Å². The van der Waals surface area contributed by atoms with Gasteiger partial charge in [-0.25, -0.2) is 4.98 Å². The molecule has 1 N–H and O–H groups in total. The summed E-state index contributed by atoms with van der Waals surface area (Å²) in [4.78, 5) is 4.06. The van der Waals surface area contributed by atoms with Crippen molar-refractivity contribution in [2.45, 2.75) is 44.4 Å². The maximum absolute atomic E-state index is 6.56. The zero-order valence-electron chi connectivity index (χ0n) is 18.0. The molecule has 5 rings (SSSR count). The lowest BCUT2D eigenvalue weighted by molar-refractivity contribution is -0.0255. The molecule has 1 fully saturated rings. The Kier molecular flexibility index (Phi) is 5.38. The molecule has 1 aromatic heterocycles. The van der Waals surface area contributed by atoms with Crippen molar-refractivity contribution < 1.29 is 13.9 Å². The smallest absolute Gasteiger partial charge is 0.181 e. The molecule has 0 bridgehead atoms. The Morgan fingerprint density at radius 3 is 2.81 bits per heavy atom. The van der Waals surface area contributed by atoms with E-state index in [1.165, 1.54) is 12.0 Å². The summed E-state index contributed by atoms with van der Waals surface area (Å²) in [5.41, 5.74) is 4.09. The zero-order valence-corrected chi connectivity index (χ0v) is 18.0.